The standard InChI is InChI=1S/C15H23N3O4/c1-10-11(2)17-18(3)15(22)13(10)14(21)16-9-7-5-4-6-8-12(19)20/h4-9H2,1-3H3,(H,16,21)(H,19,20). The Hall–Kier alpha value is -2.18. The topological polar surface area (TPSA) is 101 Å². The first-order valence-electron chi connectivity index (χ1n) is 7.39. The van der Waals surface area contributed by atoms with Gasteiger partial charge in [-0.15, -0.1) is 0 Å². The summed E-state index contributed by atoms with van der Waals surface area (Å²) in [4.78, 5) is 34.5. The molecule has 0 atom stereocenters. The van der Waals surface area contributed by atoms with Gasteiger partial charge >= 0.3 is 5.97 Å². The van der Waals surface area contributed by atoms with Gasteiger partial charge in [0.2, 0.25) is 0 Å². The first kappa shape index (κ1) is 17.9. The van der Waals surface area contributed by atoms with E-state index in [4.69, 9.17) is 5.11 Å². The minimum Gasteiger partial charge on any atom is -0.481 e. The van der Waals surface area contributed by atoms with Gasteiger partial charge in [0.05, 0.1) is 5.69 Å². The van der Waals surface area contributed by atoms with Crippen molar-refractivity contribution in [2.75, 3.05) is 6.54 Å². The molecule has 7 heteroatoms. The van der Waals surface area contributed by atoms with Crippen molar-refractivity contribution in [1.29, 1.82) is 0 Å². The second kappa shape index (κ2) is 8.31. The van der Waals surface area contributed by atoms with Crippen molar-refractivity contribution < 1.29 is 14.7 Å². The van der Waals surface area contributed by atoms with Gasteiger partial charge in [-0.2, -0.15) is 5.10 Å². The maximum atomic E-state index is 12.1. The van der Waals surface area contributed by atoms with Gasteiger partial charge in [0, 0.05) is 20.0 Å². The smallest absolute Gasteiger partial charge is 0.303 e. The van der Waals surface area contributed by atoms with Crippen LogP contribution in [0.3, 0.4) is 0 Å². The van der Waals surface area contributed by atoms with Crippen LogP contribution in [-0.2, 0) is 11.8 Å². The minimum atomic E-state index is -0.785. The highest BCUT2D eigenvalue weighted by atomic mass is 16.4. The Labute approximate surface area is 129 Å². The fourth-order valence-corrected chi connectivity index (χ4v) is 2.16. The molecule has 1 heterocycles. The number of nitrogens with zero attached hydrogens (tertiary/aromatic N) is 2. The quantitative estimate of drug-likeness (QED) is 0.702. The summed E-state index contributed by atoms with van der Waals surface area (Å²) in [5.74, 6) is -1.16. The van der Waals surface area contributed by atoms with Crippen LogP contribution in [0.4, 0.5) is 0 Å². The van der Waals surface area contributed by atoms with Crippen molar-refractivity contribution in [2.24, 2.45) is 7.05 Å². The number of carboxylic acids is 1. The summed E-state index contributed by atoms with van der Waals surface area (Å²) in [5.41, 5.74) is 0.992. The molecule has 0 aliphatic rings. The number of rotatable bonds is 8. The van der Waals surface area contributed by atoms with Crippen molar-refractivity contribution in [3.8, 4) is 0 Å². The molecule has 1 rings (SSSR count). The second-order valence-electron chi connectivity index (χ2n) is 5.33. The lowest BCUT2D eigenvalue weighted by molar-refractivity contribution is -0.137. The lowest BCUT2D eigenvalue weighted by Gasteiger charge is -2.10. The molecule has 0 saturated heterocycles. The normalized spacial score (nSPS) is 10.5. The number of aryl methyl sites for hydroxylation is 2. The summed E-state index contributed by atoms with van der Waals surface area (Å²) in [7, 11) is 1.52. The number of carbonyl (C=O) groups excluding carboxylic acids is 1. The van der Waals surface area contributed by atoms with Crippen LogP contribution in [0.2, 0.25) is 0 Å². The molecule has 0 aliphatic carbocycles. The van der Waals surface area contributed by atoms with Gasteiger partial charge in [0.1, 0.15) is 5.56 Å². The van der Waals surface area contributed by atoms with Crippen LogP contribution in [0.5, 0.6) is 0 Å². The molecule has 0 bridgehead atoms. The first-order chi connectivity index (χ1) is 10.3. The predicted octanol–water partition coefficient (Wildman–Crippen LogP) is 1.16. The van der Waals surface area contributed by atoms with Crippen molar-refractivity contribution >= 4 is 11.9 Å². The molecule has 1 aromatic heterocycles. The van der Waals surface area contributed by atoms with Gasteiger partial charge in [-0.25, -0.2) is 4.68 Å². The number of aliphatic carboxylic acids is 1. The van der Waals surface area contributed by atoms with Crippen LogP contribution in [-0.4, -0.2) is 33.3 Å². The summed E-state index contributed by atoms with van der Waals surface area (Å²) in [6.07, 6.45) is 3.25. The molecule has 22 heavy (non-hydrogen) atoms. The number of hydrogen-bond acceptors (Lipinski definition) is 4. The highest BCUT2D eigenvalue weighted by Gasteiger charge is 2.17. The van der Waals surface area contributed by atoms with E-state index in [2.05, 4.69) is 10.4 Å². The highest BCUT2D eigenvalue weighted by Crippen LogP contribution is 2.06. The first-order valence-corrected chi connectivity index (χ1v) is 7.39. The Bertz CT molecular complexity index is 608. The molecule has 0 saturated carbocycles. The molecule has 0 aromatic carbocycles. The van der Waals surface area contributed by atoms with Gasteiger partial charge < -0.3 is 10.4 Å². The number of aromatic nitrogens is 2. The van der Waals surface area contributed by atoms with Crippen molar-refractivity contribution in [1.82, 2.24) is 15.1 Å². The number of amides is 1. The zero-order valence-electron chi connectivity index (χ0n) is 13.3. The largest absolute Gasteiger partial charge is 0.481 e. The van der Waals surface area contributed by atoms with Gasteiger partial charge in [-0.05, 0) is 32.3 Å². The Morgan fingerprint density at radius 1 is 1.18 bits per heavy atom. The average molecular weight is 309 g/mol. The number of nitrogens with one attached hydrogen (secondary N) is 1. The summed E-state index contributed by atoms with van der Waals surface area (Å²) >= 11 is 0. The third kappa shape index (κ3) is 4.98. The van der Waals surface area contributed by atoms with Crippen LogP contribution in [0.25, 0.3) is 0 Å². The minimum absolute atomic E-state index is 0.140. The average Bonchev–Trinajstić information content (AvgIpc) is 2.44. The van der Waals surface area contributed by atoms with Crippen molar-refractivity contribution in [2.45, 2.75) is 46.0 Å². The molecule has 122 valence electrons. The zero-order valence-corrected chi connectivity index (χ0v) is 13.3. The summed E-state index contributed by atoms with van der Waals surface area (Å²) in [6.45, 7) is 3.94. The van der Waals surface area contributed by atoms with Crippen LogP contribution in [0, 0.1) is 13.8 Å². The summed E-state index contributed by atoms with van der Waals surface area (Å²) in [6, 6.07) is 0. The predicted molar refractivity (Wildman–Crippen MR) is 82.0 cm³/mol. The highest BCUT2D eigenvalue weighted by molar-refractivity contribution is 5.95. The third-order valence-corrected chi connectivity index (χ3v) is 3.56. The maximum Gasteiger partial charge on any atom is 0.303 e. The van der Waals surface area contributed by atoms with E-state index in [-0.39, 0.29) is 17.9 Å². The van der Waals surface area contributed by atoms with E-state index in [9.17, 15) is 14.4 Å². The van der Waals surface area contributed by atoms with Crippen LogP contribution in [0.15, 0.2) is 4.79 Å². The van der Waals surface area contributed by atoms with E-state index in [0.717, 1.165) is 19.3 Å². The fourth-order valence-electron chi connectivity index (χ4n) is 2.16. The van der Waals surface area contributed by atoms with Crippen molar-refractivity contribution in [3.05, 3.63) is 27.2 Å². The number of unbranched alkanes of at least 4 members (excludes halogenated alkanes) is 3. The SMILES string of the molecule is Cc1nn(C)c(=O)c(C(=O)NCCCCCCC(=O)O)c1C. The van der Waals surface area contributed by atoms with E-state index in [1.165, 1.54) is 11.7 Å². The van der Waals surface area contributed by atoms with Crippen molar-refractivity contribution in [3.63, 3.8) is 0 Å². The fraction of sp³-hybridized carbons (Fsp3) is 0.600. The van der Waals surface area contributed by atoms with Crippen LogP contribution < -0.4 is 10.9 Å². The molecular formula is C15H23N3O4. The molecule has 0 fully saturated rings. The van der Waals surface area contributed by atoms with E-state index in [1.807, 2.05) is 0 Å². The number of carboxylic acid groups (broad SMARTS) is 1. The lowest BCUT2D eigenvalue weighted by Crippen LogP contribution is -2.35. The molecule has 1 aromatic rings. The number of hydrogen-bond donors (Lipinski definition) is 2. The molecule has 7 nitrogen and oxygen atoms in total. The monoisotopic (exact) mass is 309 g/mol. The summed E-state index contributed by atoms with van der Waals surface area (Å²) in [5, 5.41) is 15.3. The maximum absolute atomic E-state index is 12.1. The Kier molecular flexibility index (Phi) is 6.75. The molecule has 1 amide bonds. The Morgan fingerprint density at radius 3 is 2.45 bits per heavy atom. The molecular weight excluding hydrogens is 286 g/mol. The molecule has 0 aliphatic heterocycles. The van der Waals surface area contributed by atoms with Gasteiger partial charge in [0.25, 0.3) is 11.5 Å². The van der Waals surface area contributed by atoms with E-state index in [0.29, 0.717) is 24.2 Å². The Balaban J connectivity index is 2.47. The zero-order chi connectivity index (χ0) is 16.7. The number of carbonyl (C=O) groups is 2. The van der Waals surface area contributed by atoms with E-state index in [1.54, 1.807) is 13.8 Å². The molecule has 0 unspecified atom stereocenters. The van der Waals surface area contributed by atoms with Crippen LogP contribution in [0.1, 0.15) is 53.7 Å². The molecule has 2 N–H and O–H groups in total. The van der Waals surface area contributed by atoms with E-state index < -0.39 is 11.5 Å². The van der Waals surface area contributed by atoms with Crippen LogP contribution >= 0.6 is 0 Å². The lowest BCUT2D eigenvalue weighted by atomic mass is 10.1. The Morgan fingerprint density at radius 2 is 1.82 bits per heavy atom. The molecule has 0 radical (unpaired) electrons. The van der Waals surface area contributed by atoms with Gasteiger partial charge in [-0.1, -0.05) is 12.8 Å². The second-order valence-corrected chi connectivity index (χ2v) is 5.33. The summed E-state index contributed by atoms with van der Waals surface area (Å²) < 4.78 is 1.17. The molecule has 0 spiro atoms. The third-order valence-electron chi connectivity index (χ3n) is 3.56. The van der Waals surface area contributed by atoms with Gasteiger partial charge in [0.15, 0.2) is 0 Å². The van der Waals surface area contributed by atoms with E-state index >= 15 is 0 Å². The van der Waals surface area contributed by atoms with Gasteiger partial charge in [-0.3, -0.25) is 14.4 Å².